The highest BCUT2D eigenvalue weighted by Gasteiger charge is 2.34. The van der Waals surface area contributed by atoms with Crippen molar-refractivity contribution in [3.05, 3.63) is 47.3 Å². The lowest BCUT2D eigenvalue weighted by atomic mass is 9.77. The molecule has 2 fully saturated rings. The SMILES string of the molecule is COC(=O)c1cnn(-c2cccc([C@@H]3CCC[C@H](C(=O)N(C)C)C3)c2)c1C1CC1. The minimum absolute atomic E-state index is 0.102. The Bertz CT molecular complexity index is 914. The number of esters is 1. The molecule has 2 aromatic rings. The smallest absolute Gasteiger partial charge is 0.341 e. The fraction of sp³-hybridized carbons (Fsp3) is 0.522. The summed E-state index contributed by atoms with van der Waals surface area (Å²) in [4.78, 5) is 26.3. The molecule has 1 aromatic heterocycles. The number of benzene rings is 1. The zero-order chi connectivity index (χ0) is 20.5. The number of rotatable bonds is 5. The van der Waals surface area contributed by atoms with E-state index in [1.807, 2.05) is 24.8 Å². The summed E-state index contributed by atoms with van der Waals surface area (Å²) in [5.41, 5.74) is 3.74. The van der Waals surface area contributed by atoms with E-state index in [2.05, 4.69) is 23.3 Å². The molecule has 0 radical (unpaired) electrons. The Kier molecular flexibility index (Phi) is 5.43. The first kappa shape index (κ1) is 19.7. The van der Waals surface area contributed by atoms with E-state index >= 15 is 0 Å². The van der Waals surface area contributed by atoms with Gasteiger partial charge >= 0.3 is 5.97 Å². The lowest BCUT2D eigenvalue weighted by molar-refractivity contribution is -0.134. The largest absolute Gasteiger partial charge is 0.465 e. The highest BCUT2D eigenvalue weighted by atomic mass is 16.5. The third-order valence-electron chi connectivity index (χ3n) is 6.23. The number of carbonyl (C=O) groups excluding carboxylic acids is 2. The van der Waals surface area contributed by atoms with Crippen molar-refractivity contribution in [3.63, 3.8) is 0 Å². The minimum atomic E-state index is -0.327. The Labute approximate surface area is 171 Å². The highest BCUT2D eigenvalue weighted by molar-refractivity contribution is 5.90. The summed E-state index contributed by atoms with van der Waals surface area (Å²) in [6.07, 6.45) is 7.81. The van der Waals surface area contributed by atoms with Crippen molar-refractivity contribution in [2.45, 2.75) is 50.4 Å². The van der Waals surface area contributed by atoms with Crippen LogP contribution in [0.5, 0.6) is 0 Å². The van der Waals surface area contributed by atoms with E-state index in [9.17, 15) is 9.59 Å². The molecule has 29 heavy (non-hydrogen) atoms. The van der Waals surface area contributed by atoms with Crippen LogP contribution >= 0.6 is 0 Å². The molecule has 6 nitrogen and oxygen atoms in total. The van der Waals surface area contributed by atoms with Crippen LogP contribution in [-0.4, -0.2) is 47.8 Å². The van der Waals surface area contributed by atoms with Crippen LogP contribution in [0.3, 0.4) is 0 Å². The maximum absolute atomic E-state index is 12.5. The zero-order valence-electron chi connectivity index (χ0n) is 17.4. The highest BCUT2D eigenvalue weighted by Crippen LogP contribution is 2.43. The van der Waals surface area contributed by atoms with Crippen molar-refractivity contribution in [2.24, 2.45) is 5.92 Å². The predicted octanol–water partition coefficient (Wildman–Crippen LogP) is 3.90. The van der Waals surface area contributed by atoms with Crippen molar-refractivity contribution in [1.82, 2.24) is 14.7 Å². The van der Waals surface area contributed by atoms with Crippen LogP contribution in [-0.2, 0) is 9.53 Å². The van der Waals surface area contributed by atoms with Crippen LogP contribution in [0.1, 0.15) is 72.0 Å². The van der Waals surface area contributed by atoms with Crippen molar-refractivity contribution in [1.29, 1.82) is 0 Å². The second kappa shape index (κ2) is 8.01. The van der Waals surface area contributed by atoms with Gasteiger partial charge < -0.3 is 9.64 Å². The van der Waals surface area contributed by atoms with Gasteiger partial charge in [0.05, 0.1) is 24.7 Å². The molecule has 1 amide bonds. The summed E-state index contributed by atoms with van der Waals surface area (Å²) in [5.74, 6) is 0.748. The van der Waals surface area contributed by atoms with Gasteiger partial charge in [0, 0.05) is 25.9 Å². The molecule has 154 valence electrons. The van der Waals surface area contributed by atoms with Gasteiger partial charge in [-0.3, -0.25) is 4.79 Å². The molecule has 0 unspecified atom stereocenters. The van der Waals surface area contributed by atoms with Crippen LogP contribution in [0.25, 0.3) is 5.69 Å². The number of carbonyl (C=O) groups is 2. The molecule has 0 spiro atoms. The number of amides is 1. The van der Waals surface area contributed by atoms with E-state index in [0.717, 1.165) is 49.9 Å². The Hall–Kier alpha value is -2.63. The molecule has 4 rings (SSSR count). The molecule has 0 saturated heterocycles. The van der Waals surface area contributed by atoms with Crippen molar-refractivity contribution < 1.29 is 14.3 Å². The molecule has 2 aliphatic carbocycles. The van der Waals surface area contributed by atoms with Crippen LogP contribution in [0.15, 0.2) is 30.5 Å². The van der Waals surface area contributed by atoms with E-state index in [1.165, 1.54) is 12.7 Å². The molecule has 2 aliphatic rings. The molecule has 2 atom stereocenters. The Morgan fingerprint density at radius 2 is 1.93 bits per heavy atom. The Balaban J connectivity index is 1.62. The molecule has 0 aliphatic heterocycles. The monoisotopic (exact) mass is 395 g/mol. The average Bonchev–Trinajstić information content (AvgIpc) is 3.50. The third-order valence-corrected chi connectivity index (χ3v) is 6.23. The average molecular weight is 396 g/mol. The Morgan fingerprint density at radius 1 is 1.14 bits per heavy atom. The zero-order valence-corrected chi connectivity index (χ0v) is 17.4. The predicted molar refractivity (Wildman–Crippen MR) is 110 cm³/mol. The molecule has 0 bridgehead atoms. The molecular weight excluding hydrogens is 366 g/mol. The summed E-state index contributed by atoms with van der Waals surface area (Å²) in [6.45, 7) is 0. The van der Waals surface area contributed by atoms with Crippen LogP contribution in [0.2, 0.25) is 0 Å². The normalized spacial score (nSPS) is 21.6. The van der Waals surface area contributed by atoms with Gasteiger partial charge in [-0.05, 0) is 55.7 Å². The van der Waals surface area contributed by atoms with E-state index < -0.39 is 0 Å². The summed E-state index contributed by atoms with van der Waals surface area (Å²) in [6, 6.07) is 8.41. The topological polar surface area (TPSA) is 64.4 Å². The second-order valence-electron chi connectivity index (χ2n) is 8.51. The third kappa shape index (κ3) is 3.93. The van der Waals surface area contributed by atoms with Crippen LogP contribution < -0.4 is 0 Å². The van der Waals surface area contributed by atoms with Gasteiger partial charge in [0.15, 0.2) is 0 Å². The van der Waals surface area contributed by atoms with E-state index in [4.69, 9.17) is 4.74 Å². The fourth-order valence-corrected chi connectivity index (χ4v) is 4.57. The number of ether oxygens (including phenoxy) is 1. The maximum Gasteiger partial charge on any atom is 0.341 e. The van der Waals surface area contributed by atoms with Gasteiger partial charge in [-0.2, -0.15) is 5.10 Å². The van der Waals surface area contributed by atoms with Gasteiger partial charge in [0.25, 0.3) is 0 Å². The van der Waals surface area contributed by atoms with Gasteiger partial charge in [-0.15, -0.1) is 0 Å². The number of hydrogen-bond donors (Lipinski definition) is 0. The first-order valence-electron chi connectivity index (χ1n) is 10.5. The van der Waals surface area contributed by atoms with Gasteiger partial charge in [-0.25, -0.2) is 9.48 Å². The molecule has 1 heterocycles. The quantitative estimate of drug-likeness (QED) is 0.721. The standard InChI is InChI=1S/C23H29N3O3/c1-25(2)22(27)18-8-4-6-16(12-18)17-7-5-9-19(13-17)26-21(15-10-11-15)20(14-24-26)23(28)29-3/h5,7,9,13-16,18H,4,6,8,10-12H2,1-3H3/t16-,18+/m1/s1. The van der Waals surface area contributed by atoms with Gasteiger partial charge in [0.1, 0.15) is 5.56 Å². The van der Waals surface area contributed by atoms with Crippen LogP contribution in [0.4, 0.5) is 0 Å². The summed E-state index contributed by atoms with van der Waals surface area (Å²) < 4.78 is 6.85. The molecule has 1 aromatic carbocycles. The van der Waals surface area contributed by atoms with Gasteiger partial charge in [-0.1, -0.05) is 18.6 Å². The first-order valence-corrected chi connectivity index (χ1v) is 10.5. The number of methoxy groups -OCH3 is 1. The lowest BCUT2D eigenvalue weighted by Gasteiger charge is -2.30. The number of aromatic nitrogens is 2. The lowest BCUT2D eigenvalue weighted by Crippen LogP contribution is -2.32. The van der Waals surface area contributed by atoms with Crippen molar-refractivity contribution >= 4 is 11.9 Å². The van der Waals surface area contributed by atoms with Crippen molar-refractivity contribution in [3.8, 4) is 5.69 Å². The van der Waals surface area contributed by atoms with E-state index in [1.54, 1.807) is 11.1 Å². The maximum atomic E-state index is 12.5. The Morgan fingerprint density at radius 3 is 2.62 bits per heavy atom. The summed E-state index contributed by atoms with van der Waals surface area (Å²) in [5, 5.41) is 4.52. The molecule has 0 N–H and O–H groups in total. The minimum Gasteiger partial charge on any atom is -0.465 e. The molecule has 2 saturated carbocycles. The van der Waals surface area contributed by atoms with E-state index in [-0.39, 0.29) is 17.8 Å². The number of nitrogens with zero attached hydrogens (tertiary/aromatic N) is 3. The van der Waals surface area contributed by atoms with Gasteiger partial charge in [0.2, 0.25) is 5.91 Å². The second-order valence-corrected chi connectivity index (χ2v) is 8.51. The fourth-order valence-electron chi connectivity index (χ4n) is 4.57. The summed E-state index contributed by atoms with van der Waals surface area (Å²) in [7, 11) is 5.08. The molecular formula is C23H29N3O3. The van der Waals surface area contributed by atoms with Crippen molar-refractivity contribution in [2.75, 3.05) is 21.2 Å². The first-order chi connectivity index (χ1) is 14.0. The molecule has 6 heteroatoms. The van der Waals surface area contributed by atoms with E-state index in [0.29, 0.717) is 17.4 Å². The summed E-state index contributed by atoms with van der Waals surface area (Å²) >= 11 is 0. The number of hydrogen-bond acceptors (Lipinski definition) is 4. The van der Waals surface area contributed by atoms with Crippen LogP contribution in [0, 0.1) is 5.92 Å².